The smallest absolute Gasteiger partial charge is 0.234 e. The van der Waals surface area contributed by atoms with E-state index >= 15 is 0 Å². The number of amides is 1. The normalized spacial score (nSPS) is 17.2. The molecular weight excluding hydrogens is 505 g/mol. The number of hydrogen-bond acceptors (Lipinski definition) is 4. The molecule has 4 rings (SSSR count). The Morgan fingerprint density at radius 3 is 2.68 bits per heavy atom. The van der Waals surface area contributed by atoms with Crippen LogP contribution in [0.25, 0.3) is 5.69 Å². The van der Waals surface area contributed by atoms with E-state index in [1.165, 1.54) is 0 Å². The molecule has 1 aliphatic heterocycles. The summed E-state index contributed by atoms with van der Waals surface area (Å²) in [5.74, 6) is 1.09. The standard InChI is InChI=1S/C22H31N7O.HI/c1-2-23-22(24-16-18-5-3-6-20(15-18)29-10-4-9-25-29)28-13-11-27(12-14-28)17-21(30)26-19-7-8-19;/h3-6,9-10,15,19H,2,7-8,11-14,16-17H2,1H3,(H,23,24)(H,26,30);1H. The Hall–Kier alpha value is -2.14. The number of piperazine rings is 1. The Labute approximate surface area is 201 Å². The molecule has 1 aromatic heterocycles. The van der Waals surface area contributed by atoms with Crippen molar-refractivity contribution in [3.63, 3.8) is 0 Å². The molecule has 2 aromatic rings. The van der Waals surface area contributed by atoms with Crippen LogP contribution in [0.15, 0.2) is 47.7 Å². The molecule has 0 atom stereocenters. The van der Waals surface area contributed by atoms with Crippen molar-refractivity contribution in [2.45, 2.75) is 32.4 Å². The summed E-state index contributed by atoms with van der Waals surface area (Å²) >= 11 is 0. The van der Waals surface area contributed by atoms with Gasteiger partial charge >= 0.3 is 0 Å². The van der Waals surface area contributed by atoms with Gasteiger partial charge in [-0.05, 0) is 43.5 Å². The number of nitrogens with zero attached hydrogens (tertiary/aromatic N) is 5. The minimum absolute atomic E-state index is 0. The maximum absolute atomic E-state index is 12.0. The Morgan fingerprint density at radius 1 is 1.19 bits per heavy atom. The van der Waals surface area contributed by atoms with Crippen LogP contribution in [0.4, 0.5) is 0 Å². The molecule has 31 heavy (non-hydrogen) atoms. The zero-order valence-corrected chi connectivity index (χ0v) is 20.4. The number of guanidine groups is 1. The Balaban J connectivity index is 0.00000272. The summed E-state index contributed by atoms with van der Waals surface area (Å²) in [6, 6.07) is 10.7. The van der Waals surface area contributed by atoms with E-state index in [0.717, 1.165) is 62.8 Å². The maximum atomic E-state index is 12.0. The fourth-order valence-corrected chi connectivity index (χ4v) is 3.63. The highest BCUT2D eigenvalue weighted by Crippen LogP contribution is 2.18. The molecule has 2 heterocycles. The van der Waals surface area contributed by atoms with Crippen molar-refractivity contribution in [2.75, 3.05) is 39.3 Å². The average molecular weight is 537 g/mol. The molecule has 168 valence electrons. The van der Waals surface area contributed by atoms with Gasteiger partial charge in [-0.1, -0.05) is 12.1 Å². The summed E-state index contributed by atoms with van der Waals surface area (Å²) in [6.45, 7) is 7.52. The maximum Gasteiger partial charge on any atom is 0.234 e. The quantitative estimate of drug-likeness (QED) is 0.321. The van der Waals surface area contributed by atoms with Crippen molar-refractivity contribution < 1.29 is 4.79 Å². The first kappa shape index (κ1) is 23.5. The van der Waals surface area contributed by atoms with Gasteiger partial charge in [0, 0.05) is 51.2 Å². The molecule has 2 fully saturated rings. The number of benzene rings is 1. The lowest BCUT2D eigenvalue weighted by Crippen LogP contribution is -2.54. The van der Waals surface area contributed by atoms with Crippen LogP contribution < -0.4 is 10.6 Å². The molecule has 2 N–H and O–H groups in total. The Kier molecular flexibility index (Phi) is 8.70. The Morgan fingerprint density at radius 2 is 2.00 bits per heavy atom. The molecule has 1 aliphatic carbocycles. The fourth-order valence-electron chi connectivity index (χ4n) is 3.63. The third-order valence-electron chi connectivity index (χ3n) is 5.41. The van der Waals surface area contributed by atoms with Gasteiger partial charge in [-0.3, -0.25) is 9.69 Å². The lowest BCUT2D eigenvalue weighted by molar-refractivity contribution is -0.122. The molecule has 1 saturated carbocycles. The minimum atomic E-state index is 0. The third kappa shape index (κ3) is 6.93. The van der Waals surface area contributed by atoms with Crippen LogP contribution in [0.2, 0.25) is 0 Å². The molecule has 0 unspecified atom stereocenters. The minimum Gasteiger partial charge on any atom is -0.357 e. The summed E-state index contributed by atoms with van der Waals surface area (Å²) in [5.41, 5.74) is 2.18. The fraction of sp³-hybridized carbons (Fsp3) is 0.500. The largest absolute Gasteiger partial charge is 0.357 e. The zero-order chi connectivity index (χ0) is 20.8. The predicted octanol–water partition coefficient (Wildman–Crippen LogP) is 1.85. The molecule has 0 radical (unpaired) electrons. The number of carbonyl (C=O) groups is 1. The number of halogens is 1. The van der Waals surface area contributed by atoms with Crippen molar-refractivity contribution in [1.82, 2.24) is 30.2 Å². The van der Waals surface area contributed by atoms with Crippen LogP contribution in [0.3, 0.4) is 0 Å². The second-order valence-corrected chi connectivity index (χ2v) is 7.90. The number of aromatic nitrogens is 2. The van der Waals surface area contributed by atoms with Gasteiger partial charge < -0.3 is 15.5 Å². The van der Waals surface area contributed by atoms with Gasteiger partial charge in [-0.2, -0.15) is 5.10 Å². The zero-order valence-electron chi connectivity index (χ0n) is 18.0. The van der Waals surface area contributed by atoms with E-state index in [0.29, 0.717) is 19.1 Å². The number of hydrogen-bond donors (Lipinski definition) is 2. The van der Waals surface area contributed by atoms with Crippen LogP contribution >= 0.6 is 24.0 Å². The highest BCUT2D eigenvalue weighted by molar-refractivity contribution is 14.0. The van der Waals surface area contributed by atoms with Crippen molar-refractivity contribution >= 4 is 35.8 Å². The van der Waals surface area contributed by atoms with E-state index in [1.807, 2.05) is 29.1 Å². The number of carbonyl (C=O) groups excluding carboxylic acids is 1. The lowest BCUT2D eigenvalue weighted by atomic mass is 10.2. The first-order chi connectivity index (χ1) is 14.7. The molecule has 2 aliphatic rings. The molecule has 8 nitrogen and oxygen atoms in total. The van der Waals surface area contributed by atoms with Crippen LogP contribution in [-0.2, 0) is 11.3 Å². The number of aliphatic imine (C=N–C) groups is 1. The number of nitrogens with one attached hydrogen (secondary N) is 2. The molecule has 9 heteroatoms. The van der Waals surface area contributed by atoms with E-state index in [4.69, 9.17) is 4.99 Å². The van der Waals surface area contributed by atoms with Gasteiger partial charge in [0.15, 0.2) is 5.96 Å². The monoisotopic (exact) mass is 537 g/mol. The highest BCUT2D eigenvalue weighted by Gasteiger charge is 2.25. The van der Waals surface area contributed by atoms with Crippen LogP contribution in [0.5, 0.6) is 0 Å². The van der Waals surface area contributed by atoms with Crippen molar-refractivity contribution in [3.8, 4) is 5.69 Å². The van der Waals surface area contributed by atoms with Crippen molar-refractivity contribution in [1.29, 1.82) is 0 Å². The van der Waals surface area contributed by atoms with E-state index in [9.17, 15) is 4.79 Å². The SMILES string of the molecule is CCNC(=NCc1cccc(-n2cccn2)c1)N1CCN(CC(=O)NC2CC2)CC1.I. The first-order valence-corrected chi connectivity index (χ1v) is 10.8. The first-order valence-electron chi connectivity index (χ1n) is 10.8. The highest BCUT2D eigenvalue weighted by atomic mass is 127. The summed E-state index contributed by atoms with van der Waals surface area (Å²) < 4.78 is 1.86. The second kappa shape index (κ2) is 11.5. The van der Waals surface area contributed by atoms with Gasteiger partial charge in [0.05, 0.1) is 18.8 Å². The summed E-state index contributed by atoms with van der Waals surface area (Å²) in [4.78, 5) is 21.4. The van der Waals surface area contributed by atoms with E-state index in [-0.39, 0.29) is 29.9 Å². The average Bonchev–Trinajstić information content (AvgIpc) is 3.39. The topological polar surface area (TPSA) is 77.8 Å². The Bertz CT molecular complexity index is 859. The third-order valence-corrected chi connectivity index (χ3v) is 5.41. The molecule has 0 bridgehead atoms. The van der Waals surface area contributed by atoms with Crippen LogP contribution in [0, 0.1) is 0 Å². The van der Waals surface area contributed by atoms with Crippen molar-refractivity contribution in [2.24, 2.45) is 4.99 Å². The van der Waals surface area contributed by atoms with Gasteiger partial charge in [0.1, 0.15) is 0 Å². The van der Waals surface area contributed by atoms with E-state index in [1.54, 1.807) is 6.20 Å². The van der Waals surface area contributed by atoms with E-state index < -0.39 is 0 Å². The summed E-state index contributed by atoms with van der Waals surface area (Å²) in [5, 5.41) is 10.8. The van der Waals surface area contributed by atoms with Gasteiger partial charge in [-0.25, -0.2) is 9.67 Å². The summed E-state index contributed by atoms with van der Waals surface area (Å²) in [7, 11) is 0. The molecule has 0 spiro atoms. The predicted molar refractivity (Wildman–Crippen MR) is 133 cm³/mol. The molecule has 1 amide bonds. The number of rotatable bonds is 7. The van der Waals surface area contributed by atoms with Gasteiger partial charge in [-0.15, -0.1) is 24.0 Å². The van der Waals surface area contributed by atoms with Gasteiger partial charge in [0.25, 0.3) is 0 Å². The molecular formula is C22H32IN7O. The van der Waals surface area contributed by atoms with Crippen molar-refractivity contribution in [3.05, 3.63) is 48.3 Å². The van der Waals surface area contributed by atoms with Crippen LogP contribution in [-0.4, -0.2) is 76.8 Å². The van der Waals surface area contributed by atoms with E-state index in [2.05, 4.69) is 44.6 Å². The second-order valence-electron chi connectivity index (χ2n) is 7.90. The molecule has 1 saturated heterocycles. The summed E-state index contributed by atoms with van der Waals surface area (Å²) in [6.07, 6.45) is 5.99. The van der Waals surface area contributed by atoms with Gasteiger partial charge in [0.2, 0.25) is 5.91 Å². The molecule has 1 aromatic carbocycles. The van der Waals surface area contributed by atoms with Crippen LogP contribution in [0.1, 0.15) is 25.3 Å². The lowest BCUT2D eigenvalue weighted by Gasteiger charge is -2.36.